The first-order chi connectivity index (χ1) is 8.02. The topological polar surface area (TPSA) is 56.7 Å². The summed E-state index contributed by atoms with van der Waals surface area (Å²) in [6.45, 7) is 5.44. The normalized spacial score (nSPS) is 12.8. The van der Waals surface area contributed by atoms with Crippen molar-refractivity contribution in [3.63, 3.8) is 0 Å². The molecule has 0 saturated carbocycles. The number of hydrogen-bond acceptors (Lipinski definition) is 3. The lowest BCUT2D eigenvalue weighted by Gasteiger charge is -2.08. The third-order valence-electron chi connectivity index (χ3n) is 2.83. The molecule has 0 aliphatic carbocycles. The Balaban J connectivity index is 2.58. The monoisotopic (exact) mass is 234 g/mol. The average molecular weight is 234 g/mol. The van der Waals surface area contributed by atoms with Gasteiger partial charge in [0.25, 0.3) is 0 Å². The minimum atomic E-state index is -0.250. The molecule has 0 bridgehead atoms. The summed E-state index contributed by atoms with van der Waals surface area (Å²) in [6, 6.07) is 4.71. The number of benzene rings is 1. The van der Waals surface area contributed by atoms with Crippen molar-refractivity contribution in [3.8, 4) is 5.69 Å². The van der Waals surface area contributed by atoms with Crippen LogP contribution in [0.15, 0.2) is 18.2 Å². The van der Waals surface area contributed by atoms with E-state index >= 15 is 0 Å². The zero-order chi connectivity index (χ0) is 12.6. The van der Waals surface area contributed by atoms with E-state index in [2.05, 4.69) is 10.3 Å². The van der Waals surface area contributed by atoms with Gasteiger partial charge in [0.05, 0.1) is 11.4 Å². The minimum absolute atomic E-state index is 0.183. The molecule has 5 heteroatoms. The van der Waals surface area contributed by atoms with E-state index in [4.69, 9.17) is 5.73 Å². The van der Waals surface area contributed by atoms with E-state index in [1.807, 2.05) is 19.9 Å². The van der Waals surface area contributed by atoms with Gasteiger partial charge in [-0.3, -0.25) is 0 Å². The number of halogens is 1. The summed E-state index contributed by atoms with van der Waals surface area (Å²) in [6.07, 6.45) is 0. The lowest BCUT2D eigenvalue weighted by Crippen LogP contribution is -2.08. The van der Waals surface area contributed by atoms with E-state index in [0.717, 1.165) is 11.4 Å². The van der Waals surface area contributed by atoms with Crippen molar-refractivity contribution in [2.24, 2.45) is 5.73 Å². The van der Waals surface area contributed by atoms with Gasteiger partial charge < -0.3 is 5.73 Å². The fraction of sp³-hybridized carbons (Fsp3) is 0.333. The Morgan fingerprint density at radius 3 is 2.65 bits per heavy atom. The second-order valence-corrected chi connectivity index (χ2v) is 4.14. The summed E-state index contributed by atoms with van der Waals surface area (Å²) in [5, 5.41) is 8.06. The quantitative estimate of drug-likeness (QED) is 0.865. The van der Waals surface area contributed by atoms with Crippen LogP contribution in [0.2, 0.25) is 0 Å². The largest absolute Gasteiger partial charge is 0.323 e. The number of nitrogens with zero attached hydrogens (tertiary/aromatic N) is 3. The second kappa shape index (κ2) is 4.25. The van der Waals surface area contributed by atoms with Crippen molar-refractivity contribution in [2.45, 2.75) is 26.8 Å². The van der Waals surface area contributed by atoms with Gasteiger partial charge in [-0.05, 0) is 32.9 Å². The van der Waals surface area contributed by atoms with Crippen LogP contribution in [0.3, 0.4) is 0 Å². The lowest BCUT2D eigenvalue weighted by molar-refractivity contribution is 0.614. The predicted molar refractivity (Wildman–Crippen MR) is 63.4 cm³/mol. The van der Waals surface area contributed by atoms with Gasteiger partial charge in [-0.2, -0.15) is 0 Å². The summed E-state index contributed by atoms with van der Waals surface area (Å²) in [5.74, 6) is -0.250. The van der Waals surface area contributed by atoms with Gasteiger partial charge in [0, 0.05) is 11.6 Å². The third kappa shape index (κ3) is 1.93. The highest BCUT2D eigenvalue weighted by atomic mass is 19.1. The van der Waals surface area contributed by atoms with Crippen LogP contribution >= 0.6 is 0 Å². The summed E-state index contributed by atoms with van der Waals surface area (Å²) in [5.41, 5.74) is 8.60. The predicted octanol–water partition coefficient (Wildman–Crippen LogP) is 2.04. The van der Waals surface area contributed by atoms with Crippen molar-refractivity contribution < 1.29 is 4.39 Å². The highest BCUT2D eigenvalue weighted by Gasteiger charge is 2.15. The molecule has 17 heavy (non-hydrogen) atoms. The molecule has 1 aromatic carbocycles. The van der Waals surface area contributed by atoms with E-state index in [0.29, 0.717) is 11.3 Å². The summed E-state index contributed by atoms with van der Waals surface area (Å²) in [4.78, 5) is 0. The van der Waals surface area contributed by atoms with Crippen molar-refractivity contribution in [1.82, 2.24) is 15.0 Å². The Hall–Kier alpha value is -1.75. The second-order valence-electron chi connectivity index (χ2n) is 4.14. The Morgan fingerprint density at radius 1 is 1.35 bits per heavy atom. The molecule has 90 valence electrons. The highest BCUT2D eigenvalue weighted by Crippen LogP contribution is 2.20. The standard InChI is InChI=1S/C12H15FN4/c1-7-10(13)5-4-6-11(7)17-9(3)12(8(2)14)15-16-17/h4-6,8H,14H2,1-3H3. The van der Waals surface area contributed by atoms with Crippen LogP contribution in [0, 0.1) is 19.7 Å². The van der Waals surface area contributed by atoms with Crippen molar-refractivity contribution in [1.29, 1.82) is 0 Å². The Bertz CT molecular complexity index is 545. The molecule has 2 aromatic rings. The molecule has 0 radical (unpaired) electrons. The maximum Gasteiger partial charge on any atom is 0.128 e. The molecule has 1 atom stereocenters. The molecule has 2 rings (SSSR count). The van der Waals surface area contributed by atoms with Crippen LogP contribution in [0.4, 0.5) is 4.39 Å². The number of rotatable bonds is 2. The number of hydrogen-bond donors (Lipinski definition) is 1. The van der Waals surface area contributed by atoms with Crippen LogP contribution in [-0.2, 0) is 0 Å². The van der Waals surface area contributed by atoms with E-state index in [-0.39, 0.29) is 11.9 Å². The molecule has 1 aromatic heterocycles. The molecule has 1 unspecified atom stereocenters. The SMILES string of the molecule is Cc1c(F)cccc1-n1nnc(C(C)N)c1C. The van der Waals surface area contributed by atoms with Crippen LogP contribution in [0.1, 0.15) is 29.9 Å². The molecule has 0 spiro atoms. The summed E-state index contributed by atoms with van der Waals surface area (Å²) in [7, 11) is 0. The first-order valence-corrected chi connectivity index (χ1v) is 5.45. The molecule has 1 heterocycles. The highest BCUT2D eigenvalue weighted by molar-refractivity contribution is 5.41. The van der Waals surface area contributed by atoms with Gasteiger partial charge in [0.2, 0.25) is 0 Å². The van der Waals surface area contributed by atoms with Gasteiger partial charge in [0.15, 0.2) is 0 Å². The zero-order valence-corrected chi connectivity index (χ0v) is 10.1. The van der Waals surface area contributed by atoms with Gasteiger partial charge in [0.1, 0.15) is 11.5 Å². The maximum atomic E-state index is 13.5. The van der Waals surface area contributed by atoms with E-state index in [1.165, 1.54) is 6.07 Å². The fourth-order valence-electron chi connectivity index (χ4n) is 1.82. The first-order valence-electron chi connectivity index (χ1n) is 5.45. The van der Waals surface area contributed by atoms with Crippen LogP contribution in [0.5, 0.6) is 0 Å². The number of aromatic nitrogens is 3. The lowest BCUT2D eigenvalue weighted by atomic mass is 10.1. The van der Waals surface area contributed by atoms with Crippen molar-refractivity contribution in [2.75, 3.05) is 0 Å². The van der Waals surface area contributed by atoms with E-state index in [1.54, 1.807) is 17.7 Å². The maximum absolute atomic E-state index is 13.5. The number of nitrogens with two attached hydrogens (primary N) is 1. The van der Waals surface area contributed by atoms with E-state index in [9.17, 15) is 4.39 Å². The minimum Gasteiger partial charge on any atom is -0.323 e. The molecule has 4 nitrogen and oxygen atoms in total. The van der Waals surface area contributed by atoms with Crippen molar-refractivity contribution in [3.05, 3.63) is 41.0 Å². The van der Waals surface area contributed by atoms with Gasteiger partial charge in [-0.25, -0.2) is 9.07 Å². The smallest absolute Gasteiger partial charge is 0.128 e. The van der Waals surface area contributed by atoms with Crippen molar-refractivity contribution >= 4 is 0 Å². The van der Waals surface area contributed by atoms with Crippen LogP contribution in [0.25, 0.3) is 5.69 Å². The van der Waals surface area contributed by atoms with Crippen LogP contribution < -0.4 is 5.73 Å². The fourth-order valence-corrected chi connectivity index (χ4v) is 1.82. The first kappa shape index (κ1) is 11.7. The summed E-state index contributed by atoms with van der Waals surface area (Å²) < 4.78 is 15.1. The zero-order valence-electron chi connectivity index (χ0n) is 10.1. The van der Waals surface area contributed by atoms with Crippen LogP contribution in [-0.4, -0.2) is 15.0 Å². The molecule has 0 aliphatic rings. The Kier molecular flexibility index (Phi) is 2.93. The molecule has 0 saturated heterocycles. The molecule has 0 fully saturated rings. The molecular formula is C12H15FN4. The summed E-state index contributed by atoms with van der Waals surface area (Å²) >= 11 is 0. The molecule has 0 amide bonds. The molecule has 2 N–H and O–H groups in total. The van der Waals surface area contributed by atoms with Gasteiger partial charge in [-0.1, -0.05) is 11.3 Å². The third-order valence-corrected chi connectivity index (χ3v) is 2.83. The van der Waals surface area contributed by atoms with Gasteiger partial charge in [-0.15, -0.1) is 5.10 Å². The Morgan fingerprint density at radius 2 is 2.06 bits per heavy atom. The Labute approximate surface area is 99.2 Å². The molecule has 0 aliphatic heterocycles. The molecular weight excluding hydrogens is 219 g/mol. The van der Waals surface area contributed by atoms with Gasteiger partial charge >= 0.3 is 0 Å². The van der Waals surface area contributed by atoms with E-state index < -0.39 is 0 Å². The average Bonchev–Trinajstić information content (AvgIpc) is 2.64.